The van der Waals surface area contributed by atoms with Gasteiger partial charge in [-0.05, 0) is 51.0 Å². The maximum Gasteiger partial charge on any atom is 0.308 e. The SMILES string of the molecule is CC1CCC(C(=O)O)C(N(C)CC2CCOCC2)C1. The van der Waals surface area contributed by atoms with Gasteiger partial charge in [0.05, 0.1) is 5.92 Å². The summed E-state index contributed by atoms with van der Waals surface area (Å²) in [5.41, 5.74) is 0. The summed E-state index contributed by atoms with van der Waals surface area (Å²) < 4.78 is 5.39. The first-order chi connectivity index (χ1) is 9.08. The van der Waals surface area contributed by atoms with Gasteiger partial charge in [-0.1, -0.05) is 6.92 Å². The Morgan fingerprint density at radius 3 is 2.58 bits per heavy atom. The number of aliphatic carboxylic acids is 1. The van der Waals surface area contributed by atoms with Gasteiger partial charge in [-0.2, -0.15) is 0 Å². The standard InChI is InChI=1S/C15H27NO3/c1-11-3-4-13(15(17)18)14(9-11)16(2)10-12-5-7-19-8-6-12/h11-14H,3-10H2,1-2H3,(H,17,18). The van der Waals surface area contributed by atoms with Crippen molar-refractivity contribution >= 4 is 5.97 Å². The zero-order valence-electron chi connectivity index (χ0n) is 12.2. The summed E-state index contributed by atoms with van der Waals surface area (Å²) in [6, 6.07) is 0.212. The normalized spacial score (nSPS) is 33.5. The third-order valence-electron chi connectivity index (χ3n) is 4.85. The van der Waals surface area contributed by atoms with Crippen LogP contribution in [-0.2, 0) is 9.53 Å². The van der Waals surface area contributed by atoms with E-state index < -0.39 is 5.97 Å². The molecule has 4 nitrogen and oxygen atoms in total. The largest absolute Gasteiger partial charge is 0.481 e. The molecule has 3 atom stereocenters. The number of carbonyl (C=O) groups is 1. The van der Waals surface area contributed by atoms with Crippen LogP contribution in [0.15, 0.2) is 0 Å². The third kappa shape index (κ3) is 3.93. The zero-order chi connectivity index (χ0) is 13.8. The average molecular weight is 269 g/mol. The van der Waals surface area contributed by atoms with Gasteiger partial charge in [0, 0.05) is 25.8 Å². The highest BCUT2D eigenvalue weighted by atomic mass is 16.5. The molecule has 0 amide bonds. The van der Waals surface area contributed by atoms with Gasteiger partial charge in [0.15, 0.2) is 0 Å². The van der Waals surface area contributed by atoms with E-state index in [0.29, 0.717) is 11.8 Å². The van der Waals surface area contributed by atoms with Gasteiger partial charge in [0.25, 0.3) is 0 Å². The number of rotatable bonds is 4. The molecular formula is C15H27NO3. The van der Waals surface area contributed by atoms with Crippen molar-refractivity contribution in [1.82, 2.24) is 4.90 Å². The Labute approximate surface area is 116 Å². The summed E-state index contributed by atoms with van der Waals surface area (Å²) in [4.78, 5) is 13.7. The fourth-order valence-corrected chi connectivity index (χ4v) is 3.60. The highest BCUT2D eigenvalue weighted by molar-refractivity contribution is 5.71. The van der Waals surface area contributed by atoms with Crippen LogP contribution in [0.3, 0.4) is 0 Å². The second kappa shape index (κ2) is 6.71. The highest BCUT2D eigenvalue weighted by Gasteiger charge is 2.36. The molecule has 0 spiro atoms. The number of hydrogen-bond donors (Lipinski definition) is 1. The maximum absolute atomic E-state index is 11.4. The summed E-state index contributed by atoms with van der Waals surface area (Å²) in [6.07, 6.45) is 5.14. The molecule has 1 saturated heterocycles. The number of carboxylic acid groups (broad SMARTS) is 1. The highest BCUT2D eigenvalue weighted by Crippen LogP contribution is 2.32. The van der Waals surface area contributed by atoms with Gasteiger partial charge in [-0.15, -0.1) is 0 Å². The van der Waals surface area contributed by atoms with E-state index in [1.807, 2.05) is 0 Å². The van der Waals surface area contributed by atoms with Crippen molar-refractivity contribution in [3.63, 3.8) is 0 Å². The van der Waals surface area contributed by atoms with Crippen molar-refractivity contribution in [2.45, 2.75) is 45.1 Å². The minimum Gasteiger partial charge on any atom is -0.481 e. The number of ether oxygens (including phenoxy) is 1. The first-order valence-electron chi connectivity index (χ1n) is 7.58. The lowest BCUT2D eigenvalue weighted by Crippen LogP contribution is -2.47. The van der Waals surface area contributed by atoms with Crippen LogP contribution in [0.2, 0.25) is 0 Å². The van der Waals surface area contributed by atoms with E-state index in [9.17, 15) is 9.90 Å². The molecule has 2 fully saturated rings. The molecule has 1 N–H and O–H groups in total. The summed E-state index contributed by atoms with van der Waals surface area (Å²) in [6.45, 7) is 4.99. The van der Waals surface area contributed by atoms with E-state index in [1.54, 1.807) is 0 Å². The van der Waals surface area contributed by atoms with Crippen molar-refractivity contribution in [2.75, 3.05) is 26.8 Å². The zero-order valence-corrected chi connectivity index (χ0v) is 12.2. The van der Waals surface area contributed by atoms with E-state index in [4.69, 9.17) is 4.74 Å². The van der Waals surface area contributed by atoms with Gasteiger partial charge in [0.2, 0.25) is 0 Å². The Morgan fingerprint density at radius 2 is 1.95 bits per heavy atom. The molecule has 2 aliphatic rings. The average Bonchev–Trinajstić information content (AvgIpc) is 2.39. The molecule has 1 aliphatic carbocycles. The molecule has 3 unspecified atom stereocenters. The Hall–Kier alpha value is -0.610. The van der Waals surface area contributed by atoms with Crippen molar-refractivity contribution in [1.29, 1.82) is 0 Å². The lowest BCUT2D eigenvalue weighted by molar-refractivity contribution is -0.146. The van der Waals surface area contributed by atoms with Crippen molar-refractivity contribution in [2.24, 2.45) is 17.8 Å². The lowest BCUT2D eigenvalue weighted by Gasteiger charge is -2.40. The molecule has 2 rings (SSSR count). The van der Waals surface area contributed by atoms with Crippen LogP contribution < -0.4 is 0 Å². The van der Waals surface area contributed by atoms with Gasteiger partial charge in [0.1, 0.15) is 0 Å². The molecule has 0 bridgehead atoms. The van der Waals surface area contributed by atoms with E-state index in [2.05, 4.69) is 18.9 Å². The number of nitrogens with zero attached hydrogens (tertiary/aromatic N) is 1. The van der Waals surface area contributed by atoms with Gasteiger partial charge in [-0.3, -0.25) is 4.79 Å². The van der Waals surface area contributed by atoms with Gasteiger partial charge < -0.3 is 14.7 Å². The second-order valence-electron chi connectivity index (χ2n) is 6.43. The van der Waals surface area contributed by atoms with E-state index in [1.165, 1.54) is 0 Å². The molecule has 110 valence electrons. The molecule has 1 aliphatic heterocycles. The maximum atomic E-state index is 11.4. The molecule has 0 aromatic heterocycles. The van der Waals surface area contributed by atoms with Gasteiger partial charge in [-0.25, -0.2) is 0 Å². The van der Waals surface area contributed by atoms with Crippen molar-refractivity contribution < 1.29 is 14.6 Å². The lowest BCUT2D eigenvalue weighted by atomic mass is 9.78. The first-order valence-corrected chi connectivity index (χ1v) is 7.58. The minimum atomic E-state index is -0.615. The molecule has 4 heteroatoms. The smallest absolute Gasteiger partial charge is 0.308 e. The van der Waals surface area contributed by atoms with Crippen LogP contribution in [0.25, 0.3) is 0 Å². The Kier molecular flexibility index (Phi) is 5.22. The summed E-state index contributed by atoms with van der Waals surface area (Å²) in [5, 5.41) is 9.40. The van der Waals surface area contributed by atoms with Crippen LogP contribution in [-0.4, -0.2) is 48.8 Å². The van der Waals surface area contributed by atoms with Crippen LogP contribution >= 0.6 is 0 Å². The van der Waals surface area contributed by atoms with Crippen molar-refractivity contribution in [3.8, 4) is 0 Å². The quantitative estimate of drug-likeness (QED) is 0.850. The molecule has 0 aromatic rings. The monoisotopic (exact) mass is 269 g/mol. The van der Waals surface area contributed by atoms with E-state index in [-0.39, 0.29) is 12.0 Å². The number of carboxylic acids is 1. The fraction of sp³-hybridized carbons (Fsp3) is 0.933. The Bertz CT molecular complexity index is 302. The van der Waals surface area contributed by atoms with Gasteiger partial charge >= 0.3 is 5.97 Å². The van der Waals surface area contributed by atoms with Crippen LogP contribution in [0.4, 0.5) is 0 Å². The Balaban J connectivity index is 1.93. The minimum absolute atomic E-state index is 0.180. The van der Waals surface area contributed by atoms with E-state index >= 15 is 0 Å². The van der Waals surface area contributed by atoms with Crippen LogP contribution in [0.1, 0.15) is 39.0 Å². The molecule has 1 heterocycles. The first kappa shape index (κ1) is 14.8. The Morgan fingerprint density at radius 1 is 1.26 bits per heavy atom. The van der Waals surface area contributed by atoms with Crippen LogP contribution in [0, 0.1) is 17.8 Å². The number of hydrogen-bond acceptors (Lipinski definition) is 3. The molecule has 1 saturated carbocycles. The molecule has 0 aromatic carbocycles. The molecule has 19 heavy (non-hydrogen) atoms. The fourth-order valence-electron chi connectivity index (χ4n) is 3.60. The predicted molar refractivity (Wildman–Crippen MR) is 74.1 cm³/mol. The summed E-state index contributed by atoms with van der Waals surface area (Å²) >= 11 is 0. The molecule has 0 radical (unpaired) electrons. The summed E-state index contributed by atoms with van der Waals surface area (Å²) in [5.74, 6) is 0.528. The van der Waals surface area contributed by atoms with Crippen LogP contribution in [0.5, 0.6) is 0 Å². The third-order valence-corrected chi connectivity index (χ3v) is 4.85. The van der Waals surface area contributed by atoms with Crippen molar-refractivity contribution in [3.05, 3.63) is 0 Å². The molecular weight excluding hydrogens is 242 g/mol. The predicted octanol–water partition coefficient (Wildman–Crippen LogP) is 2.23. The summed E-state index contributed by atoms with van der Waals surface area (Å²) in [7, 11) is 2.11. The second-order valence-corrected chi connectivity index (χ2v) is 6.43. The van der Waals surface area contributed by atoms with E-state index in [0.717, 1.165) is 51.9 Å². The topological polar surface area (TPSA) is 49.8 Å².